The molecule has 0 aromatic carbocycles. The van der Waals surface area contributed by atoms with Gasteiger partial charge in [-0.3, -0.25) is 4.79 Å². The minimum atomic E-state index is -0.0906. The van der Waals surface area contributed by atoms with Crippen molar-refractivity contribution < 1.29 is 13.6 Å². The predicted molar refractivity (Wildman–Crippen MR) is 119 cm³/mol. The SMILES string of the molecule is Cc1[nH]c(-c2nnc(C(C)C)o2)c(C)c1C(=O)c1c(C)[nH]c(-c2nnc(C(C)C)o2)c1C. The first-order valence-electron chi connectivity index (χ1n) is 10.7. The summed E-state index contributed by atoms with van der Waals surface area (Å²) in [5.41, 5.74) is 5.54. The first-order chi connectivity index (χ1) is 15.1. The molecule has 2 N–H and O–H groups in total. The number of carbonyl (C=O) groups excluding carboxylic acids is 1. The summed E-state index contributed by atoms with van der Waals surface area (Å²) in [7, 11) is 0. The second-order valence-electron chi connectivity index (χ2n) is 8.78. The maximum atomic E-state index is 13.7. The van der Waals surface area contributed by atoms with E-state index in [1.165, 1.54) is 0 Å². The van der Waals surface area contributed by atoms with Crippen molar-refractivity contribution in [2.24, 2.45) is 0 Å². The van der Waals surface area contributed by atoms with Gasteiger partial charge in [0.05, 0.1) is 0 Å². The second kappa shape index (κ2) is 7.89. The Bertz CT molecular complexity index is 1200. The number of aromatic amines is 2. The van der Waals surface area contributed by atoms with Crippen molar-refractivity contribution in [1.29, 1.82) is 0 Å². The van der Waals surface area contributed by atoms with Crippen LogP contribution >= 0.6 is 0 Å². The van der Waals surface area contributed by atoms with Gasteiger partial charge in [-0.1, -0.05) is 27.7 Å². The Kier molecular flexibility index (Phi) is 5.36. The Balaban J connectivity index is 1.75. The lowest BCUT2D eigenvalue weighted by molar-refractivity contribution is 0.103. The smallest absolute Gasteiger partial charge is 0.264 e. The average molecular weight is 437 g/mol. The van der Waals surface area contributed by atoms with Gasteiger partial charge in [0.2, 0.25) is 11.8 Å². The van der Waals surface area contributed by atoms with E-state index in [2.05, 4.69) is 30.4 Å². The number of ketones is 1. The number of nitrogens with zero attached hydrogens (tertiary/aromatic N) is 4. The van der Waals surface area contributed by atoms with E-state index >= 15 is 0 Å². The molecule has 0 atom stereocenters. The number of hydrogen-bond donors (Lipinski definition) is 2. The molecule has 0 unspecified atom stereocenters. The molecule has 4 aromatic rings. The van der Waals surface area contributed by atoms with E-state index < -0.39 is 0 Å². The van der Waals surface area contributed by atoms with Crippen LogP contribution in [0.1, 0.15) is 89.7 Å². The van der Waals surface area contributed by atoms with Gasteiger partial charge in [-0.2, -0.15) is 0 Å². The molecule has 0 saturated carbocycles. The maximum absolute atomic E-state index is 13.7. The average Bonchev–Trinajstić information content (AvgIpc) is 3.48. The molecule has 0 aliphatic rings. The molecule has 0 saturated heterocycles. The van der Waals surface area contributed by atoms with Crippen molar-refractivity contribution in [3.63, 3.8) is 0 Å². The normalized spacial score (nSPS) is 11.8. The molecule has 0 aliphatic carbocycles. The third-order valence-corrected chi connectivity index (χ3v) is 5.63. The standard InChI is InChI=1S/C23H28N6O3/c1-9(2)20-26-28-22(31-20)17-11(5)15(13(7)24-17)19(30)16-12(6)18(25-14(16)8)23-29-27-21(32-23)10(3)4/h9-10,24-25H,1-8H3. The Morgan fingerprint density at radius 1 is 0.688 bits per heavy atom. The molecule has 0 fully saturated rings. The number of aryl methyl sites for hydroxylation is 2. The molecule has 9 heteroatoms. The summed E-state index contributed by atoms with van der Waals surface area (Å²) in [6.07, 6.45) is 0. The van der Waals surface area contributed by atoms with E-state index in [-0.39, 0.29) is 17.6 Å². The molecule has 168 valence electrons. The zero-order valence-corrected chi connectivity index (χ0v) is 19.7. The summed E-state index contributed by atoms with van der Waals surface area (Å²) in [6.45, 7) is 15.5. The van der Waals surface area contributed by atoms with Crippen LogP contribution < -0.4 is 0 Å². The molecule has 0 bridgehead atoms. The number of hydrogen-bond acceptors (Lipinski definition) is 7. The molecule has 32 heavy (non-hydrogen) atoms. The van der Waals surface area contributed by atoms with E-state index in [0.717, 1.165) is 22.5 Å². The summed E-state index contributed by atoms with van der Waals surface area (Å²) < 4.78 is 11.6. The first kappa shape index (κ1) is 21.7. The van der Waals surface area contributed by atoms with Gasteiger partial charge in [0.25, 0.3) is 11.8 Å². The van der Waals surface area contributed by atoms with Gasteiger partial charge < -0.3 is 18.8 Å². The van der Waals surface area contributed by atoms with Crippen molar-refractivity contribution in [3.8, 4) is 23.2 Å². The molecule has 0 amide bonds. The van der Waals surface area contributed by atoms with Crippen LogP contribution in [-0.4, -0.2) is 36.1 Å². The highest BCUT2D eigenvalue weighted by atomic mass is 16.4. The highest BCUT2D eigenvalue weighted by Gasteiger charge is 2.28. The van der Waals surface area contributed by atoms with Gasteiger partial charge in [-0.15, -0.1) is 20.4 Å². The van der Waals surface area contributed by atoms with E-state index in [1.54, 1.807) is 0 Å². The number of carbonyl (C=O) groups is 1. The zero-order chi connectivity index (χ0) is 23.3. The van der Waals surface area contributed by atoms with Crippen LogP contribution in [0.3, 0.4) is 0 Å². The summed E-state index contributed by atoms with van der Waals surface area (Å²) in [5.74, 6) is 2.03. The quantitative estimate of drug-likeness (QED) is 0.400. The lowest BCUT2D eigenvalue weighted by Crippen LogP contribution is -2.06. The third-order valence-electron chi connectivity index (χ3n) is 5.63. The van der Waals surface area contributed by atoms with Crippen LogP contribution in [0, 0.1) is 27.7 Å². The Hall–Kier alpha value is -3.49. The maximum Gasteiger partial charge on any atom is 0.264 e. The van der Waals surface area contributed by atoms with Gasteiger partial charge in [0.1, 0.15) is 11.4 Å². The fourth-order valence-electron chi connectivity index (χ4n) is 3.87. The molecule has 4 heterocycles. The van der Waals surface area contributed by atoms with Crippen molar-refractivity contribution in [3.05, 3.63) is 45.4 Å². The van der Waals surface area contributed by atoms with E-state index in [1.807, 2.05) is 55.4 Å². The number of rotatable bonds is 6. The summed E-state index contributed by atoms with van der Waals surface area (Å²) >= 11 is 0. The van der Waals surface area contributed by atoms with E-state index in [4.69, 9.17) is 8.83 Å². The molecular weight excluding hydrogens is 408 g/mol. The molecule has 9 nitrogen and oxygen atoms in total. The van der Waals surface area contributed by atoms with E-state index in [9.17, 15) is 4.79 Å². The second-order valence-corrected chi connectivity index (χ2v) is 8.78. The minimum Gasteiger partial charge on any atom is -0.419 e. The third kappa shape index (κ3) is 3.47. The topological polar surface area (TPSA) is 126 Å². The minimum absolute atomic E-state index is 0.0906. The lowest BCUT2D eigenvalue weighted by atomic mass is 9.96. The Labute approximate surface area is 186 Å². The molecule has 0 radical (unpaired) electrons. The van der Waals surface area contributed by atoms with Crippen molar-refractivity contribution in [1.82, 2.24) is 30.4 Å². The van der Waals surface area contributed by atoms with Crippen molar-refractivity contribution >= 4 is 5.78 Å². The number of aromatic nitrogens is 6. The summed E-state index contributed by atoms with van der Waals surface area (Å²) in [5, 5.41) is 16.5. The fraction of sp³-hybridized carbons (Fsp3) is 0.435. The predicted octanol–water partition coefficient (Wildman–Crippen LogP) is 5.15. The van der Waals surface area contributed by atoms with Crippen LogP contribution in [0.5, 0.6) is 0 Å². The molecule has 0 aliphatic heterocycles. The lowest BCUT2D eigenvalue weighted by Gasteiger charge is -2.04. The fourth-order valence-corrected chi connectivity index (χ4v) is 3.87. The monoisotopic (exact) mass is 436 g/mol. The molecular formula is C23H28N6O3. The van der Waals surface area contributed by atoms with Gasteiger partial charge in [0.15, 0.2) is 5.78 Å². The van der Waals surface area contributed by atoms with Gasteiger partial charge in [-0.05, 0) is 38.8 Å². The molecule has 0 spiro atoms. The van der Waals surface area contributed by atoms with Crippen LogP contribution in [0.4, 0.5) is 0 Å². The van der Waals surface area contributed by atoms with Crippen LogP contribution in [0.25, 0.3) is 23.2 Å². The zero-order valence-electron chi connectivity index (χ0n) is 19.7. The number of H-pyrrole nitrogens is 2. The number of nitrogens with one attached hydrogen (secondary N) is 2. The first-order valence-corrected chi connectivity index (χ1v) is 10.7. The summed E-state index contributed by atoms with van der Waals surface area (Å²) in [6, 6.07) is 0. The largest absolute Gasteiger partial charge is 0.419 e. The van der Waals surface area contributed by atoms with Gasteiger partial charge >= 0.3 is 0 Å². The highest BCUT2D eigenvalue weighted by molar-refractivity contribution is 6.13. The Morgan fingerprint density at radius 2 is 1.06 bits per heavy atom. The summed E-state index contributed by atoms with van der Waals surface area (Å²) in [4.78, 5) is 20.2. The van der Waals surface area contributed by atoms with Crippen molar-refractivity contribution in [2.45, 2.75) is 67.2 Å². The van der Waals surface area contributed by atoms with Crippen LogP contribution in [0.15, 0.2) is 8.83 Å². The van der Waals surface area contributed by atoms with Crippen LogP contribution in [-0.2, 0) is 0 Å². The van der Waals surface area contributed by atoms with Crippen molar-refractivity contribution in [2.75, 3.05) is 0 Å². The molecule has 4 rings (SSSR count). The van der Waals surface area contributed by atoms with E-state index in [0.29, 0.717) is 46.1 Å². The van der Waals surface area contributed by atoms with Gasteiger partial charge in [0, 0.05) is 34.4 Å². The molecule has 4 aromatic heterocycles. The Morgan fingerprint density at radius 3 is 1.38 bits per heavy atom. The highest BCUT2D eigenvalue weighted by Crippen LogP contribution is 2.33. The van der Waals surface area contributed by atoms with Crippen LogP contribution in [0.2, 0.25) is 0 Å². The van der Waals surface area contributed by atoms with Gasteiger partial charge in [-0.25, -0.2) is 0 Å².